The van der Waals surface area contributed by atoms with Crippen LogP contribution in [-0.2, 0) is 28.4 Å². The summed E-state index contributed by atoms with van der Waals surface area (Å²) in [6.07, 6.45) is -2.59. The minimum Gasteiger partial charge on any atom is -0.480 e. The summed E-state index contributed by atoms with van der Waals surface area (Å²) in [5, 5.41) is 9.07. The van der Waals surface area contributed by atoms with Crippen LogP contribution in [0.25, 0.3) is 0 Å². The first-order valence-corrected chi connectivity index (χ1v) is 15.8. The maximum atomic E-state index is 14.1. The summed E-state index contributed by atoms with van der Waals surface area (Å²) in [6, 6.07) is 16.5. The number of cyclic esters (lactones) is 1. The number of aliphatic carboxylic acids is 1. The van der Waals surface area contributed by atoms with Gasteiger partial charge in [0.05, 0.1) is 6.04 Å². The molecule has 0 aromatic heterocycles. The van der Waals surface area contributed by atoms with Gasteiger partial charge < -0.3 is 25.2 Å². The molecule has 3 rings (SSSR count). The number of hydrogen-bond donors (Lipinski definition) is 3. The van der Waals surface area contributed by atoms with Crippen molar-refractivity contribution in [2.24, 2.45) is 11.7 Å². The predicted octanol–water partition coefficient (Wildman–Crippen LogP) is 3.98. The van der Waals surface area contributed by atoms with Crippen molar-refractivity contribution >= 4 is 31.3 Å². The van der Waals surface area contributed by atoms with Gasteiger partial charge in [0.1, 0.15) is 18.2 Å². The van der Waals surface area contributed by atoms with Gasteiger partial charge in [-0.05, 0) is 44.7 Å². The molecule has 4 atom stereocenters. The molecular formula is C30H39N2O9P. The molecule has 1 fully saturated rings. The summed E-state index contributed by atoms with van der Waals surface area (Å²) in [5.74, 6) is -4.35. The van der Waals surface area contributed by atoms with E-state index >= 15 is 0 Å². The highest BCUT2D eigenvalue weighted by Gasteiger charge is 2.46. The summed E-state index contributed by atoms with van der Waals surface area (Å²) in [6.45, 7) is 4.99. The first-order valence-electron chi connectivity index (χ1n) is 13.8. The topological polar surface area (TPSA) is 174 Å². The van der Waals surface area contributed by atoms with Crippen LogP contribution < -0.4 is 5.73 Å². The Morgan fingerprint density at radius 3 is 2.10 bits per heavy atom. The van der Waals surface area contributed by atoms with Crippen LogP contribution in [0.1, 0.15) is 57.1 Å². The van der Waals surface area contributed by atoms with E-state index in [2.05, 4.69) is 0 Å². The minimum absolute atomic E-state index is 0.0952. The number of carboxylic acids is 1. The fourth-order valence-corrected chi connectivity index (χ4v) is 6.86. The summed E-state index contributed by atoms with van der Waals surface area (Å²) in [7, 11) is -4.11. The van der Waals surface area contributed by atoms with E-state index in [1.807, 2.05) is 60.7 Å². The van der Waals surface area contributed by atoms with E-state index in [1.165, 1.54) is 0 Å². The Kier molecular flexibility index (Phi) is 11.1. The summed E-state index contributed by atoms with van der Waals surface area (Å²) in [4.78, 5) is 62.5. The smallest absolute Gasteiger partial charge is 0.417 e. The number of carbonyl (C=O) groups is 4. The average Bonchev–Trinajstić information content (AvgIpc) is 3.30. The number of nitrogens with zero attached hydrogens (tertiary/aromatic N) is 1. The average molecular weight is 603 g/mol. The second-order valence-electron chi connectivity index (χ2n) is 11.5. The fraction of sp³-hybridized carbons (Fsp3) is 0.467. The molecular weight excluding hydrogens is 563 g/mol. The van der Waals surface area contributed by atoms with Gasteiger partial charge in [0.2, 0.25) is 13.3 Å². The second kappa shape index (κ2) is 14.1. The largest absolute Gasteiger partial charge is 0.480 e. The molecule has 0 aliphatic carbocycles. The van der Waals surface area contributed by atoms with E-state index in [0.717, 1.165) is 16.0 Å². The number of rotatable bonds is 13. The van der Waals surface area contributed by atoms with Crippen molar-refractivity contribution in [3.8, 4) is 0 Å². The van der Waals surface area contributed by atoms with Crippen LogP contribution in [0.5, 0.6) is 0 Å². The summed E-state index contributed by atoms with van der Waals surface area (Å²) in [5.41, 5.74) is 6.42. The first kappa shape index (κ1) is 33.0. The van der Waals surface area contributed by atoms with E-state index in [0.29, 0.717) is 0 Å². The summed E-state index contributed by atoms with van der Waals surface area (Å²) >= 11 is 0. The molecule has 2 aromatic carbocycles. The molecule has 0 bridgehead atoms. The molecule has 0 saturated carbocycles. The molecule has 2 aromatic rings. The van der Waals surface area contributed by atoms with Crippen molar-refractivity contribution < 1.29 is 43.2 Å². The zero-order valence-corrected chi connectivity index (χ0v) is 24.9. The Hall–Kier alpha value is -3.53. The van der Waals surface area contributed by atoms with Gasteiger partial charge in [-0.1, -0.05) is 60.7 Å². The Labute approximate surface area is 245 Å². The zero-order valence-electron chi connectivity index (χ0n) is 24.0. The highest BCUT2D eigenvalue weighted by molar-refractivity contribution is 7.58. The molecule has 42 heavy (non-hydrogen) atoms. The number of esters is 1. The van der Waals surface area contributed by atoms with E-state index in [1.54, 1.807) is 20.8 Å². The molecule has 1 saturated heterocycles. The standard InChI is InChI=1S/C30H39N2O9P/c1-30(2,3)41-25(33)15-14-22(19-42(38,39)17-16-23(31)28(35)36)27(34)32-24(18-40-29(32)37)26(20-10-6-4-7-11-20)21-12-8-5-9-13-21/h4-13,22-24,26H,14-19,31H2,1-3H3,(H,35,36)(H,38,39)/t22-,23+,24-/m1/s1. The van der Waals surface area contributed by atoms with Crippen LogP contribution in [0.15, 0.2) is 60.7 Å². The lowest BCUT2D eigenvalue weighted by atomic mass is 9.84. The number of benzene rings is 2. The van der Waals surface area contributed by atoms with Gasteiger partial charge in [0.25, 0.3) is 0 Å². The van der Waals surface area contributed by atoms with Crippen molar-refractivity contribution in [3.05, 3.63) is 71.8 Å². The number of amides is 2. The van der Waals surface area contributed by atoms with Crippen LogP contribution in [0.4, 0.5) is 4.79 Å². The molecule has 12 heteroatoms. The van der Waals surface area contributed by atoms with Crippen LogP contribution >= 0.6 is 7.37 Å². The number of ether oxygens (including phenoxy) is 2. The van der Waals surface area contributed by atoms with E-state index in [-0.39, 0.29) is 25.9 Å². The molecule has 11 nitrogen and oxygen atoms in total. The normalized spacial score (nSPS) is 18.2. The van der Waals surface area contributed by atoms with Gasteiger partial charge in [-0.2, -0.15) is 0 Å². The summed E-state index contributed by atoms with van der Waals surface area (Å²) < 4.78 is 23.9. The number of hydrogen-bond acceptors (Lipinski definition) is 8. The maximum Gasteiger partial charge on any atom is 0.417 e. The van der Waals surface area contributed by atoms with Gasteiger partial charge >= 0.3 is 18.0 Å². The van der Waals surface area contributed by atoms with E-state index in [4.69, 9.17) is 20.3 Å². The third kappa shape index (κ3) is 9.24. The Bertz CT molecular complexity index is 1260. The highest BCUT2D eigenvalue weighted by atomic mass is 31.2. The molecule has 2 amide bonds. The minimum atomic E-state index is -4.11. The lowest BCUT2D eigenvalue weighted by Crippen LogP contribution is -2.46. The third-order valence-electron chi connectivity index (χ3n) is 6.92. The van der Waals surface area contributed by atoms with E-state index < -0.39 is 73.2 Å². The van der Waals surface area contributed by atoms with Crippen molar-refractivity contribution in [3.63, 3.8) is 0 Å². The monoisotopic (exact) mass is 602 g/mol. The molecule has 228 valence electrons. The molecule has 0 spiro atoms. The van der Waals surface area contributed by atoms with Gasteiger partial charge in [0, 0.05) is 30.6 Å². The number of nitrogens with two attached hydrogens (primary N) is 1. The zero-order chi connectivity index (χ0) is 31.1. The Morgan fingerprint density at radius 2 is 1.60 bits per heavy atom. The lowest BCUT2D eigenvalue weighted by Gasteiger charge is -2.31. The molecule has 1 unspecified atom stereocenters. The van der Waals surface area contributed by atoms with Crippen molar-refractivity contribution in [1.82, 2.24) is 4.90 Å². The fourth-order valence-electron chi connectivity index (χ4n) is 4.97. The quantitative estimate of drug-likeness (QED) is 0.225. The SMILES string of the molecule is CC(C)(C)OC(=O)CC[C@H](CP(=O)(O)CC[C@H](N)C(=O)O)C(=O)N1C(=O)OC[C@@H]1C(c1ccccc1)c1ccccc1. The van der Waals surface area contributed by atoms with Crippen LogP contribution in [0.2, 0.25) is 0 Å². The van der Waals surface area contributed by atoms with Crippen molar-refractivity contribution in [1.29, 1.82) is 0 Å². The molecule has 4 N–H and O–H groups in total. The molecule has 1 aliphatic heterocycles. The van der Waals surface area contributed by atoms with Gasteiger partial charge in [-0.15, -0.1) is 0 Å². The molecule has 1 aliphatic rings. The Balaban J connectivity index is 1.94. The van der Waals surface area contributed by atoms with Gasteiger partial charge in [-0.3, -0.25) is 18.9 Å². The maximum absolute atomic E-state index is 14.1. The van der Waals surface area contributed by atoms with Gasteiger partial charge in [0.15, 0.2) is 0 Å². The highest BCUT2D eigenvalue weighted by Crippen LogP contribution is 2.45. The van der Waals surface area contributed by atoms with Crippen molar-refractivity contribution in [2.75, 3.05) is 18.9 Å². The number of imide groups is 1. The van der Waals surface area contributed by atoms with Crippen LogP contribution in [0, 0.1) is 5.92 Å². The van der Waals surface area contributed by atoms with E-state index in [9.17, 15) is 28.6 Å². The predicted molar refractivity (Wildman–Crippen MR) is 155 cm³/mol. The number of carbonyl (C=O) groups excluding carboxylic acids is 3. The van der Waals surface area contributed by atoms with Gasteiger partial charge in [-0.25, -0.2) is 9.69 Å². The Morgan fingerprint density at radius 1 is 1.05 bits per heavy atom. The first-order chi connectivity index (χ1) is 19.7. The lowest BCUT2D eigenvalue weighted by molar-refractivity contribution is -0.155. The van der Waals surface area contributed by atoms with Crippen molar-refractivity contribution in [2.45, 2.75) is 63.6 Å². The van der Waals surface area contributed by atoms with Crippen LogP contribution in [-0.4, -0.2) is 75.5 Å². The third-order valence-corrected chi connectivity index (χ3v) is 8.89. The second-order valence-corrected chi connectivity index (χ2v) is 14.0. The number of carboxylic acid groups (broad SMARTS) is 1. The molecule has 0 radical (unpaired) electrons. The van der Waals surface area contributed by atoms with Crippen LogP contribution in [0.3, 0.4) is 0 Å². The molecule has 1 heterocycles.